The minimum Gasteiger partial charge on any atom is -0.466 e. The maximum absolute atomic E-state index is 11.2. The van der Waals surface area contributed by atoms with Crippen LogP contribution in [0.3, 0.4) is 0 Å². The van der Waals surface area contributed by atoms with E-state index in [0.29, 0.717) is 12.0 Å². The highest BCUT2D eigenvalue weighted by atomic mass is 16.5. The monoisotopic (exact) mass is 180 g/mol. The molecule has 0 N–H and O–H groups in total. The normalized spacial score (nSPS) is 11.7. The average molecular weight is 180 g/mol. The van der Waals surface area contributed by atoms with Gasteiger partial charge in [0.15, 0.2) is 0 Å². The molecule has 0 aromatic rings. The van der Waals surface area contributed by atoms with E-state index in [1.807, 2.05) is 19.1 Å². The molecule has 0 aliphatic heterocycles. The van der Waals surface area contributed by atoms with Crippen LogP contribution in [-0.4, -0.2) is 13.1 Å². The molecule has 0 heterocycles. The molecule has 13 heavy (non-hydrogen) atoms. The first-order valence-corrected chi connectivity index (χ1v) is 4.27. The van der Waals surface area contributed by atoms with Crippen LogP contribution in [0, 0.1) is 0 Å². The molecule has 0 amide bonds. The van der Waals surface area contributed by atoms with Crippen molar-refractivity contribution in [1.29, 1.82) is 0 Å². The molecule has 0 aromatic heterocycles. The summed E-state index contributed by atoms with van der Waals surface area (Å²) >= 11 is 0. The lowest BCUT2D eigenvalue weighted by molar-refractivity contribution is -0.136. The molecule has 0 saturated heterocycles. The molecule has 72 valence electrons. The van der Waals surface area contributed by atoms with Crippen molar-refractivity contribution in [3.05, 3.63) is 36.5 Å². The molecule has 0 rings (SSSR count). The molecule has 0 bridgehead atoms. The first-order chi connectivity index (χ1) is 6.26. The Morgan fingerprint density at radius 1 is 1.54 bits per heavy atom. The minimum atomic E-state index is -0.264. The van der Waals surface area contributed by atoms with Crippen LogP contribution >= 0.6 is 0 Å². The first kappa shape index (κ1) is 11.7. The summed E-state index contributed by atoms with van der Waals surface area (Å²) in [6.07, 6.45) is 8.73. The molecule has 0 aromatic carbocycles. The fourth-order valence-electron chi connectivity index (χ4n) is 0.854. The molecule has 0 aliphatic rings. The predicted molar refractivity (Wildman–Crippen MR) is 54.3 cm³/mol. The van der Waals surface area contributed by atoms with Gasteiger partial charge in [0.05, 0.1) is 7.11 Å². The van der Waals surface area contributed by atoms with E-state index in [2.05, 4.69) is 11.3 Å². The van der Waals surface area contributed by atoms with Crippen LogP contribution in [0.25, 0.3) is 0 Å². The van der Waals surface area contributed by atoms with Crippen molar-refractivity contribution in [2.24, 2.45) is 0 Å². The van der Waals surface area contributed by atoms with Gasteiger partial charge in [-0.2, -0.15) is 0 Å². The molecule has 0 spiro atoms. The smallest absolute Gasteiger partial charge is 0.333 e. The lowest BCUT2D eigenvalue weighted by Crippen LogP contribution is -2.04. The van der Waals surface area contributed by atoms with Crippen LogP contribution in [0.2, 0.25) is 0 Å². The fourth-order valence-corrected chi connectivity index (χ4v) is 0.854. The molecule has 0 fully saturated rings. The topological polar surface area (TPSA) is 26.3 Å². The molecular weight excluding hydrogens is 164 g/mol. The van der Waals surface area contributed by atoms with Gasteiger partial charge in [0, 0.05) is 5.57 Å². The average Bonchev–Trinajstić information content (AvgIpc) is 2.17. The molecular formula is C11H16O2. The fraction of sp³-hybridized carbons (Fsp3) is 0.364. The SMILES string of the molecule is C=CCC/C(=C\C=C\C)C(=O)OC. The highest BCUT2D eigenvalue weighted by Gasteiger charge is 2.06. The summed E-state index contributed by atoms with van der Waals surface area (Å²) in [4.78, 5) is 11.2. The van der Waals surface area contributed by atoms with Gasteiger partial charge in [-0.1, -0.05) is 24.3 Å². The molecule has 0 radical (unpaired) electrons. The van der Waals surface area contributed by atoms with Gasteiger partial charge in [0.2, 0.25) is 0 Å². The second-order valence-corrected chi connectivity index (χ2v) is 2.54. The van der Waals surface area contributed by atoms with Crippen molar-refractivity contribution >= 4 is 5.97 Å². The molecule has 0 aliphatic carbocycles. The summed E-state index contributed by atoms with van der Waals surface area (Å²) < 4.78 is 4.63. The van der Waals surface area contributed by atoms with Crippen LogP contribution in [0.1, 0.15) is 19.8 Å². The summed E-state index contributed by atoms with van der Waals surface area (Å²) in [7, 11) is 1.39. The molecule has 0 saturated carbocycles. The highest BCUT2D eigenvalue weighted by Crippen LogP contribution is 2.07. The standard InChI is InChI=1S/C11H16O2/c1-4-6-8-10(9-7-5-2)11(12)13-3/h4-5,7,9H,1,6,8H2,2-3H3/b7-5+,10-9+. The zero-order chi connectivity index (χ0) is 10.1. The van der Waals surface area contributed by atoms with Crippen molar-refractivity contribution in [2.75, 3.05) is 7.11 Å². The van der Waals surface area contributed by atoms with E-state index < -0.39 is 0 Å². The van der Waals surface area contributed by atoms with Crippen LogP contribution < -0.4 is 0 Å². The van der Waals surface area contributed by atoms with Crippen LogP contribution in [0.4, 0.5) is 0 Å². The summed E-state index contributed by atoms with van der Waals surface area (Å²) in [6.45, 7) is 5.50. The Morgan fingerprint density at radius 3 is 2.69 bits per heavy atom. The second kappa shape index (κ2) is 7.35. The Hall–Kier alpha value is -1.31. The molecule has 2 heteroatoms. The summed E-state index contributed by atoms with van der Waals surface area (Å²) in [6, 6.07) is 0. The number of hydrogen-bond donors (Lipinski definition) is 0. The first-order valence-electron chi connectivity index (χ1n) is 4.27. The quantitative estimate of drug-likeness (QED) is 0.281. The van der Waals surface area contributed by atoms with Gasteiger partial charge in [-0.25, -0.2) is 4.79 Å². The van der Waals surface area contributed by atoms with E-state index in [4.69, 9.17) is 0 Å². The van der Waals surface area contributed by atoms with Crippen molar-refractivity contribution < 1.29 is 9.53 Å². The largest absolute Gasteiger partial charge is 0.466 e. The third kappa shape index (κ3) is 5.01. The molecule has 2 nitrogen and oxygen atoms in total. The predicted octanol–water partition coefficient (Wildman–Crippen LogP) is 2.63. The summed E-state index contributed by atoms with van der Waals surface area (Å²) in [5.41, 5.74) is 0.681. The van der Waals surface area contributed by atoms with Gasteiger partial charge in [-0.15, -0.1) is 6.58 Å². The second-order valence-electron chi connectivity index (χ2n) is 2.54. The Kier molecular flexibility index (Phi) is 6.60. The number of hydrogen-bond acceptors (Lipinski definition) is 2. The summed E-state index contributed by atoms with van der Waals surface area (Å²) in [5.74, 6) is -0.264. The number of allylic oxidation sites excluding steroid dienone is 4. The Morgan fingerprint density at radius 2 is 2.23 bits per heavy atom. The van der Waals surface area contributed by atoms with E-state index in [0.717, 1.165) is 6.42 Å². The van der Waals surface area contributed by atoms with Gasteiger partial charge < -0.3 is 4.74 Å². The lowest BCUT2D eigenvalue weighted by atomic mass is 10.1. The number of methoxy groups -OCH3 is 1. The number of rotatable bonds is 5. The Balaban J connectivity index is 4.34. The van der Waals surface area contributed by atoms with Crippen LogP contribution in [0.5, 0.6) is 0 Å². The third-order valence-corrected chi connectivity index (χ3v) is 1.56. The van der Waals surface area contributed by atoms with E-state index in [1.54, 1.807) is 12.2 Å². The van der Waals surface area contributed by atoms with Gasteiger partial charge in [0.25, 0.3) is 0 Å². The number of ether oxygens (including phenoxy) is 1. The maximum atomic E-state index is 11.2. The Labute approximate surface area is 79.6 Å². The van der Waals surface area contributed by atoms with Crippen LogP contribution in [0.15, 0.2) is 36.5 Å². The van der Waals surface area contributed by atoms with E-state index in [-0.39, 0.29) is 5.97 Å². The Bertz CT molecular complexity index is 224. The maximum Gasteiger partial charge on any atom is 0.333 e. The third-order valence-electron chi connectivity index (χ3n) is 1.56. The van der Waals surface area contributed by atoms with Crippen molar-refractivity contribution in [2.45, 2.75) is 19.8 Å². The van der Waals surface area contributed by atoms with Crippen molar-refractivity contribution in [3.63, 3.8) is 0 Å². The summed E-state index contributed by atoms with van der Waals surface area (Å²) in [5, 5.41) is 0. The van der Waals surface area contributed by atoms with Gasteiger partial charge in [0.1, 0.15) is 0 Å². The van der Waals surface area contributed by atoms with E-state index in [9.17, 15) is 4.79 Å². The molecule has 0 unspecified atom stereocenters. The zero-order valence-corrected chi connectivity index (χ0v) is 8.25. The number of esters is 1. The number of carbonyl (C=O) groups is 1. The van der Waals surface area contributed by atoms with E-state index in [1.165, 1.54) is 7.11 Å². The van der Waals surface area contributed by atoms with Crippen molar-refractivity contribution in [3.8, 4) is 0 Å². The number of carbonyl (C=O) groups excluding carboxylic acids is 1. The van der Waals surface area contributed by atoms with Gasteiger partial charge in [-0.3, -0.25) is 0 Å². The lowest BCUT2D eigenvalue weighted by Gasteiger charge is -2.01. The molecule has 0 atom stereocenters. The van der Waals surface area contributed by atoms with E-state index >= 15 is 0 Å². The minimum absolute atomic E-state index is 0.264. The highest BCUT2D eigenvalue weighted by molar-refractivity contribution is 5.88. The zero-order valence-electron chi connectivity index (χ0n) is 8.25. The van der Waals surface area contributed by atoms with Gasteiger partial charge >= 0.3 is 5.97 Å². The van der Waals surface area contributed by atoms with Gasteiger partial charge in [-0.05, 0) is 19.8 Å². The van der Waals surface area contributed by atoms with Crippen molar-refractivity contribution in [1.82, 2.24) is 0 Å². The van der Waals surface area contributed by atoms with Crippen LogP contribution in [-0.2, 0) is 9.53 Å².